The Morgan fingerprint density at radius 1 is 1.25 bits per heavy atom. The number of amides is 1. The second-order valence-electron chi connectivity index (χ2n) is 5.55. The average molecular weight is 385 g/mol. The molecule has 0 unspecified atom stereocenters. The molecule has 1 aromatic carbocycles. The van der Waals surface area contributed by atoms with Gasteiger partial charge in [0, 0.05) is 24.3 Å². The Bertz CT molecular complexity index is 877. The number of hydrogen-bond acceptors (Lipinski definition) is 4. The monoisotopic (exact) mass is 384 g/mol. The number of sulfonamides is 1. The molecule has 1 aliphatic heterocycles. The van der Waals surface area contributed by atoms with Crippen molar-refractivity contribution < 1.29 is 13.2 Å². The summed E-state index contributed by atoms with van der Waals surface area (Å²) in [4.78, 5) is 13.8. The van der Waals surface area contributed by atoms with Crippen LogP contribution in [0.5, 0.6) is 0 Å². The van der Waals surface area contributed by atoms with Gasteiger partial charge in [0.05, 0.1) is 4.34 Å². The quantitative estimate of drug-likeness (QED) is 0.850. The lowest BCUT2D eigenvalue weighted by Crippen LogP contribution is -2.35. The van der Waals surface area contributed by atoms with Crippen LogP contribution in [0.4, 0.5) is 11.4 Å². The molecule has 0 spiro atoms. The van der Waals surface area contributed by atoms with E-state index < -0.39 is 10.0 Å². The van der Waals surface area contributed by atoms with Crippen LogP contribution in [0.25, 0.3) is 0 Å². The van der Waals surface area contributed by atoms with Crippen molar-refractivity contribution in [1.29, 1.82) is 0 Å². The molecule has 128 valence electrons. The maximum absolute atomic E-state index is 12.4. The molecule has 1 aromatic heterocycles. The lowest BCUT2D eigenvalue weighted by molar-refractivity contribution is -0.118. The zero-order valence-electron chi connectivity index (χ0n) is 13.1. The lowest BCUT2D eigenvalue weighted by atomic mass is 10.0. The molecule has 0 saturated carbocycles. The molecule has 0 bridgehead atoms. The number of anilines is 2. The first-order valence-electron chi connectivity index (χ1n) is 7.62. The van der Waals surface area contributed by atoms with Crippen molar-refractivity contribution in [2.75, 3.05) is 16.2 Å². The van der Waals surface area contributed by atoms with Gasteiger partial charge < -0.3 is 4.90 Å². The number of fused-ring (bicyclic) bond motifs is 1. The van der Waals surface area contributed by atoms with Gasteiger partial charge in [-0.1, -0.05) is 18.5 Å². The Hall–Kier alpha value is -1.57. The van der Waals surface area contributed by atoms with Gasteiger partial charge >= 0.3 is 0 Å². The number of carbonyl (C=O) groups is 1. The molecular formula is C16H17ClN2O3S2. The zero-order valence-corrected chi connectivity index (χ0v) is 15.5. The Kier molecular flexibility index (Phi) is 4.85. The number of thiophene rings is 1. The smallest absolute Gasteiger partial charge is 0.271 e. The minimum Gasteiger partial charge on any atom is -0.312 e. The Labute approximate surface area is 150 Å². The third-order valence-corrected chi connectivity index (χ3v) is 6.90. The van der Waals surface area contributed by atoms with E-state index in [4.69, 9.17) is 11.6 Å². The summed E-state index contributed by atoms with van der Waals surface area (Å²) in [5, 5.41) is 0. The topological polar surface area (TPSA) is 66.5 Å². The van der Waals surface area contributed by atoms with Gasteiger partial charge in [-0.25, -0.2) is 8.42 Å². The molecule has 1 amide bonds. The average Bonchev–Trinajstić information content (AvgIpc) is 2.97. The van der Waals surface area contributed by atoms with Crippen molar-refractivity contribution in [3.8, 4) is 0 Å². The largest absolute Gasteiger partial charge is 0.312 e. The third-order valence-electron chi connectivity index (χ3n) is 3.79. The third kappa shape index (κ3) is 3.43. The second kappa shape index (κ2) is 6.74. The van der Waals surface area contributed by atoms with Crippen molar-refractivity contribution in [1.82, 2.24) is 0 Å². The number of hydrogen-bond donors (Lipinski definition) is 1. The summed E-state index contributed by atoms with van der Waals surface area (Å²) in [6.45, 7) is 2.70. The Morgan fingerprint density at radius 3 is 2.71 bits per heavy atom. The predicted molar refractivity (Wildman–Crippen MR) is 97.5 cm³/mol. The van der Waals surface area contributed by atoms with Crippen molar-refractivity contribution in [2.45, 2.75) is 30.4 Å². The minimum absolute atomic E-state index is 0.117. The van der Waals surface area contributed by atoms with E-state index in [1.165, 1.54) is 6.07 Å². The summed E-state index contributed by atoms with van der Waals surface area (Å²) >= 11 is 6.82. The minimum atomic E-state index is -3.65. The first-order valence-corrected chi connectivity index (χ1v) is 10.3. The Balaban J connectivity index is 1.88. The van der Waals surface area contributed by atoms with Crippen LogP contribution in [0.15, 0.2) is 34.5 Å². The van der Waals surface area contributed by atoms with E-state index >= 15 is 0 Å². The van der Waals surface area contributed by atoms with Gasteiger partial charge in [0.2, 0.25) is 5.91 Å². The van der Waals surface area contributed by atoms with Gasteiger partial charge in [-0.05, 0) is 48.7 Å². The van der Waals surface area contributed by atoms with Gasteiger partial charge in [-0.15, -0.1) is 11.3 Å². The highest BCUT2D eigenvalue weighted by Gasteiger charge is 2.24. The second-order valence-corrected chi connectivity index (χ2v) is 9.18. The fourth-order valence-electron chi connectivity index (χ4n) is 2.74. The van der Waals surface area contributed by atoms with Gasteiger partial charge in [-0.2, -0.15) is 0 Å². The van der Waals surface area contributed by atoms with Crippen LogP contribution in [-0.4, -0.2) is 20.9 Å². The first-order chi connectivity index (χ1) is 11.4. The fourth-order valence-corrected chi connectivity index (χ4v) is 5.27. The summed E-state index contributed by atoms with van der Waals surface area (Å²) in [6.07, 6.45) is 1.94. The van der Waals surface area contributed by atoms with Crippen LogP contribution in [-0.2, 0) is 21.2 Å². The number of aryl methyl sites for hydroxylation is 1. The fraction of sp³-hybridized carbons (Fsp3) is 0.312. The van der Waals surface area contributed by atoms with Crippen LogP contribution in [0, 0.1) is 0 Å². The lowest BCUT2D eigenvalue weighted by Gasteiger charge is -2.29. The highest BCUT2D eigenvalue weighted by atomic mass is 35.5. The molecule has 0 saturated heterocycles. The number of nitrogens with zero attached hydrogens (tertiary/aromatic N) is 1. The molecular weight excluding hydrogens is 368 g/mol. The zero-order chi connectivity index (χ0) is 17.3. The summed E-state index contributed by atoms with van der Waals surface area (Å²) in [7, 11) is -3.65. The number of benzene rings is 1. The molecule has 3 rings (SSSR count). The summed E-state index contributed by atoms with van der Waals surface area (Å²) in [5.74, 6) is 0.117. The van der Waals surface area contributed by atoms with E-state index in [0.29, 0.717) is 29.4 Å². The van der Waals surface area contributed by atoms with Crippen molar-refractivity contribution in [2.24, 2.45) is 0 Å². The molecule has 8 heteroatoms. The summed E-state index contributed by atoms with van der Waals surface area (Å²) in [6, 6.07) is 8.34. The number of rotatable bonds is 5. The van der Waals surface area contributed by atoms with Crippen LogP contribution >= 0.6 is 22.9 Å². The molecule has 2 heterocycles. The normalized spacial score (nSPS) is 14.6. The molecule has 0 radical (unpaired) electrons. The molecule has 0 fully saturated rings. The van der Waals surface area contributed by atoms with Gasteiger partial charge in [-0.3, -0.25) is 9.52 Å². The van der Waals surface area contributed by atoms with E-state index in [0.717, 1.165) is 29.0 Å². The van der Waals surface area contributed by atoms with Crippen LogP contribution in [0.1, 0.15) is 25.3 Å². The van der Waals surface area contributed by atoms with E-state index in [1.807, 2.05) is 6.92 Å². The number of halogens is 1. The first kappa shape index (κ1) is 17.3. The van der Waals surface area contributed by atoms with Crippen molar-refractivity contribution >= 4 is 50.2 Å². The number of carbonyl (C=O) groups excluding carboxylic acids is 1. The van der Waals surface area contributed by atoms with E-state index in [9.17, 15) is 13.2 Å². The summed E-state index contributed by atoms with van der Waals surface area (Å²) in [5.41, 5.74) is 2.34. The standard InChI is InChI=1S/C16H17ClN2O3S2/c1-2-9-19-13-5-4-12(10-11(13)3-7-15(19)20)18-24(21,22)16-8-6-14(17)23-16/h4-6,8,10,18H,2-3,7,9H2,1H3. The van der Waals surface area contributed by atoms with Gasteiger partial charge in [0.15, 0.2) is 0 Å². The van der Waals surface area contributed by atoms with Crippen molar-refractivity contribution in [3.05, 3.63) is 40.2 Å². The molecule has 2 aromatic rings. The van der Waals surface area contributed by atoms with Gasteiger partial charge in [0.25, 0.3) is 10.0 Å². The highest BCUT2D eigenvalue weighted by Crippen LogP contribution is 2.32. The molecule has 1 aliphatic rings. The van der Waals surface area contributed by atoms with E-state index in [-0.39, 0.29) is 10.1 Å². The number of nitrogens with one attached hydrogen (secondary N) is 1. The molecule has 24 heavy (non-hydrogen) atoms. The molecule has 0 atom stereocenters. The van der Waals surface area contributed by atoms with Crippen LogP contribution in [0.3, 0.4) is 0 Å². The highest BCUT2D eigenvalue weighted by molar-refractivity contribution is 7.94. The maximum Gasteiger partial charge on any atom is 0.271 e. The molecule has 5 nitrogen and oxygen atoms in total. The van der Waals surface area contributed by atoms with Crippen molar-refractivity contribution in [3.63, 3.8) is 0 Å². The Morgan fingerprint density at radius 2 is 2.04 bits per heavy atom. The predicted octanol–water partition coefficient (Wildman–Crippen LogP) is 3.89. The SMILES string of the molecule is CCCN1C(=O)CCc2cc(NS(=O)(=O)c3ccc(Cl)s3)ccc21. The van der Waals surface area contributed by atoms with Crippen LogP contribution in [0.2, 0.25) is 4.34 Å². The maximum atomic E-state index is 12.4. The summed E-state index contributed by atoms with van der Waals surface area (Å²) < 4.78 is 27.9. The van der Waals surface area contributed by atoms with E-state index in [2.05, 4.69) is 4.72 Å². The molecule has 0 aliphatic carbocycles. The van der Waals surface area contributed by atoms with E-state index in [1.54, 1.807) is 29.2 Å². The van der Waals surface area contributed by atoms with Gasteiger partial charge in [0.1, 0.15) is 4.21 Å². The van der Waals surface area contributed by atoms with Crippen LogP contribution < -0.4 is 9.62 Å². The molecule has 1 N–H and O–H groups in total.